The molecule has 0 aliphatic heterocycles. The van der Waals surface area contributed by atoms with Crippen LogP contribution in [0.3, 0.4) is 0 Å². The van der Waals surface area contributed by atoms with E-state index >= 15 is 0 Å². The molecule has 0 spiro atoms. The lowest BCUT2D eigenvalue weighted by molar-refractivity contribution is 0.404. The van der Waals surface area contributed by atoms with Crippen LogP contribution in [0.4, 0.5) is 14.5 Å². The van der Waals surface area contributed by atoms with Crippen molar-refractivity contribution >= 4 is 16.5 Å². The van der Waals surface area contributed by atoms with Crippen LogP contribution in [0.1, 0.15) is 5.56 Å². The number of nitrogens with two attached hydrogens (primary N) is 1. The van der Waals surface area contributed by atoms with Crippen LogP contribution >= 0.6 is 0 Å². The lowest BCUT2D eigenvalue weighted by Gasteiger charge is -2.09. The molecule has 1 atom stereocenters. The van der Waals surface area contributed by atoms with Gasteiger partial charge in [0.15, 0.2) is 0 Å². The van der Waals surface area contributed by atoms with Gasteiger partial charge in [-0.1, -0.05) is 0 Å². The molecule has 0 saturated heterocycles. The quantitative estimate of drug-likeness (QED) is 0.883. The van der Waals surface area contributed by atoms with Crippen LogP contribution in [-0.2, 0) is 16.6 Å². The van der Waals surface area contributed by atoms with Crippen molar-refractivity contribution in [3.05, 3.63) is 53.6 Å². The normalized spacial score (nSPS) is 12.2. The van der Waals surface area contributed by atoms with E-state index in [0.29, 0.717) is 16.3 Å². The van der Waals surface area contributed by atoms with Gasteiger partial charge in [0.25, 0.3) is 0 Å². The van der Waals surface area contributed by atoms with Crippen LogP contribution in [0.2, 0.25) is 0 Å². The minimum absolute atomic E-state index is 0.0576. The van der Waals surface area contributed by atoms with Crippen molar-refractivity contribution < 1.29 is 17.7 Å². The molecule has 2 aromatic carbocycles. The van der Waals surface area contributed by atoms with E-state index in [2.05, 4.69) is 0 Å². The molecule has 2 rings (SSSR count). The average Bonchev–Trinajstić information content (AvgIpc) is 2.42. The zero-order valence-electron chi connectivity index (χ0n) is 10.7. The highest BCUT2D eigenvalue weighted by Crippen LogP contribution is 2.27. The van der Waals surface area contributed by atoms with Gasteiger partial charge in [-0.2, -0.15) is 0 Å². The van der Waals surface area contributed by atoms with Gasteiger partial charge in [-0.25, -0.2) is 8.78 Å². The van der Waals surface area contributed by atoms with E-state index in [1.807, 2.05) is 0 Å². The minimum Gasteiger partial charge on any atom is -0.495 e. The zero-order chi connectivity index (χ0) is 14.7. The van der Waals surface area contributed by atoms with Gasteiger partial charge < -0.3 is 10.5 Å². The van der Waals surface area contributed by atoms with Gasteiger partial charge in [0.05, 0.1) is 28.6 Å². The summed E-state index contributed by atoms with van der Waals surface area (Å²) >= 11 is 0. The summed E-state index contributed by atoms with van der Waals surface area (Å²) in [5, 5.41) is 0. The number of ether oxygens (including phenoxy) is 1. The van der Waals surface area contributed by atoms with Crippen LogP contribution in [0.25, 0.3) is 0 Å². The molecule has 1 unspecified atom stereocenters. The van der Waals surface area contributed by atoms with Gasteiger partial charge in [0, 0.05) is 17.3 Å². The van der Waals surface area contributed by atoms with Crippen molar-refractivity contribution in [2.75, 3.05) is 12.8 Å². The first kappa shape index (κ1) is 14.5. The smallest absolute Gasteiger partial charge is 0.137 e. The molecular weight excluding hydrogens is 284 g/mol. The lowest BCUT2D eigenvalue weighted by Crippen LogP contribution is -2.02. The molecule has 0 heterocycles. The molecule has 6 heteroatoms. The molecule has 0 aliphatic rings. The largest absolute Gasteiger partial charge is 0.495 e. The molecule has 0 aromatic heterocycles. The molecule has 20 heavy (non-hydrogen) atoms. The van der Waals surface area contributed by atoms with Crippen molar-refractivity contribution in [3.8, 4) is 5.75 Å². The number of anilines is 1. The van der Waals surface area contributed by atoms with Crippen molar-refractivity contribution in [2.45, 2.75) is 10.6 Å². The molecule has 0 bridgehead atoms. The predicted octanol–water partition coefficient (Wildman–Crippen LogP) is 2.86. The van der Waals surface area contributed by atoms with Crippen LogP contribution in [0, 0.1) is 11.6 Å². The Morgan fingerprint density at radius 1 is 1.20 bits per heavy atom. The maximum atomic E-state index is 13.5. The van der Waals surface area contributed by atoms with Gasteiger partial charge in [0.2, 0.25) is 0 Å². The number of methoxy groups -OCH3 is 1. The molecule has 2 aromatic rings. The number of hydrogen-bond acceptors (Lipinski definition) is 3. The maximum absolute atomic E-state index is 13.5. The van der Waals surface area contributed by atoms with Crippen LogP contribution in [0.5, 0.6) is 5.75 Å². The predicted molar refractivity (Wildman–Crippen MR) is 73.9 cm³/mol. The van der Waals surface area contributed by atoms with E-state index in [0.717, 1.165) is 18.2 Å². The second-order valence-corrected chi connectivity index (χ2v) is 5.56. The molecule has 0 aliphatic carbocycles. The van der Waals surface area contributed by atoms with Crippen molar-refractivity contribution in [2.24, 2.45) is 0 Å². The first-order valence-electron chi connectivity index (χ1n) is 5.77. The number of halogens is 2. The highest BCUT2D eigenvalue weighted by atomic mass is 32.2. The molecule has 3 nitrogen and oxygen atoms in total. The Labute approximate surface area is 117 Å². The minimum atomic E-state index is -1.56. The van der Waals surface area contributed by atoms with E-state index in [9.17, 15) is 13.0 Å². The second kappa shape index (κ2) is 6.00. The molecule has 0 saturated carbocycles. The average molecular weight is 297 g/mol. The first-order chi connectivity index (χ1) is 9.51. The molecule has 0 fully saturated rings. The summed E-state index contributed by atoms with van der Waals surface area (Å²) in [6, 6.07) is 7.75. The Hall–Kier alpha value is -1.95. The monoisotopic (exact) mass is 297 g/mol. The fourth-order valence-electron chi connectivity index (χ4n) is 1.75. The number of rotatable bonds is 4. The summed E-state index contributed by atoms with van der Waals surface area (Å²) in [6.45, 7) is 0. The Balaban J connectivity index is 2.30. The SMILES string of the molecule is COc1cc(N)ccc1S(=O)Cc1cc(F)ccc1F. The molecular formula is C14H13F2NO2S. The van der Waals surface area contributed by atoms with Crippen molar-refractivity contribution in [1.82, 2.24) is 0 Å². The topological polar surface area (TPSA) is 52.3 Å². The number of benzene rings is 2. The molecule has 2 N–H and O–H groups in total. The summed E-state index contributed by atoms with van der Waals surface area (Å²) in [5.41, 5.74) is 6.14. The number of hydrogen-bond donors (Lipinski definition) is 1. The van der Waals surface area contributed by atoms with Crippen molar-refractivity contribution in [3.63, 3.8) is 0 Å². The second-order valence-electron chi connectivity index (χ2n) is 4.14. The van der Waals surface area contributed by atoms with E-state index in [-0.39, 0.29) is 11.3 Å². The zero-order valence-corrected chi connectivity index (χ0v) is 11.5. The van der Waals surface area contributed by atoms with Gasteiger partial charge in [-0.05, 0) is 30.3 Å². The lowest BCUT2D eigenvalue weighted by atomic mass is 10.2. The summed E-state index contributed by atoms with van der Waals surface area (Å²) in [7, 11) is -0.131. The van der Waals surface area contributed by atoms with Gasteiger partial charge >= 0.3 is 0 Å². The maximum Gasteiger partial charge on any atom is 0.137 e. The summed E-state index contributed by atoms with van der Waals surface area (Å²) < 4.78 is 44.0. The third kappa shape index (κ3) is 3.14. The fourth-order valence-corrected chi connectivity index (χ4v) is 2.99. The Morgan fingerprint density at radius 2 is 1.95 bits per heavy atom. The fraction of sp³-hybridized carbons (Fsp3) is 0.143. The highest BCUT2D eigenvalue weighted by molar-refractivity contribution is 7.84. The molecule has 106 valence electrons. The summed E-state index contributed by atoms with van der Waals surface area (Å²) in [5.74, 6) is -0.930. The summed E-state index contributed by atoms with van der Waals surface area (Å²) in [6.07, 6.45) is 0. The Morgan fingerprint density at radius 3 is 2.65 bits per heavy atom. The van der Waals surface area contributed by atoms with Crippen molar-refractivity contribution in [1.29, 1.82) is 0 Å². The van der Waals surface area contributed by atoms with Crippen LogP contribution < -0.4 is 10.5 Å². The van der Waals surface area contributed by atoms with Gasteiger partial charge in [0.1, 0.15) is 17.4 Å². The number of nitrogen functional groups attached to an aromatic ring is 1. The molecule has 0 amide bonds. The van der Waals surface area contributed by atoms with Crippen LogP contribution in [0.15, 0.2) is 41.3 Å². The van der Waals surface area contributed by atoms with E-state index in [1.165, 1.54) is 13.2 Å². The van der Waals surface area contributed by atoms with E-state index in [1.54, 1.807) is 12.1 Å². The highest BCUT2D eigenvalue weighted by Gasteiger charge is 2.14. The summed E-state index contributed by atoms with van der Waals surface area (Å²) in [4.78, 5) is 0.394. The third-order valence-corrected chi connectivity index (χ3v) is 4.13. The third-order valence-electron chi connectivity index (χ3n) is 2.73. The first-order valence-corrected chi connectivity index (χ1v) is 7.09. The Bertz CT molecular complexity index is 662. The van der Waals surface area contributed by atoms with Crippen LogP contribution in [-0.4, -0.2) is 11.3 Å². The van der Waals surface area contributed by atoms with Gasteiger partial charge in [-0.15, -0.1) is 0 Å². The van der Waals surface area contributed by atoms with Gasteiger partial charge in [-0.3, -0.25) is 4.21 Å². The standard InChI is InChI=1S/C14H13F2NO2S/c1-19-13-7-11(17)3-5-14(13)20(18)8-9-6-10(15)2-4-12(9)16/h2-7H,8,17H2,1H3. The molecule has 0 radical (unpaired) electrons. The van der Waals surface area contributed by atoms with E-state index in [4.69, 9.17) is 10.5 Å². The Kier molecular flexibility index (Phi) is 4.34. The van der Waals surface area contributed by atoms with E-state index < -0.39 is 22.4 Å².